The SMILES string of the molecule is CCOc1ccccc1C(=O)Nc1nnc(SCc2ccc(F)cc2)s1. The van der Waals surface area contributed by atoms with Crippen molar-refractivity contribution in [3.63, 3.8) is 0 Å². The molecule has 0 aliphatic heterocycles. The lowest BCUT2D eigenvalue weighted by Gasteiger charge is -2.08. The van der Waals surface area contributed by atoms with Crippen molar-refractivity contribution in [3.05, 3.63) is 65.5 Å². The first-order chi connectivity index (χ1) is 12.7. The van der Waals surface area contributed by atoms with Crippen molar-refractivity contribution < 1.29 is 13.9 Å². The summed E-state index contributed by atoms with van der Waals surface area (Å²) in [4.78, 5) is 12.4. The molecule has 0 radical (unpaired) electrons. The lowest BCUT2D eigenvalue weighted by Crippen LogP contribution is -2.13. The first-order valence-electron chi connectivity index (χ1n) is 7.89. The summed E-state index contributed by atoms with van der Waals surface area (Å²) in [6.07, 6.45) is 0. The second-order valence-corrected chi connectivity index (χ2v) is 7.37. The maximum absolute atomic E-state index is 12.9. The topological polar surface area (TPSA) is 64.1 Å². The fourth-order valence-electron chi connectivity index (χ4n) is 2.14. The van der Waals surface area contributed by atoms with Crippen LogP contribution in [0.15, 0.2) is 52.9 Å². The Hall–Kier alpha value is -2.45. The molecule has 0 atom stereocenters. The van der Waals surface area contributed by atoms with Crippen molar-refractivity contribution in [1.29, 1.82) is 0 Å². The summed E-state index contributed by atoms with van der Waals surface area (Å²) >= 11 is 2.77. The second-order valence-electron chi connectivity index (χ2n) is 5.17. The Kier molecular flexibility index (Phi) is 6.19. The molecule has 0 bridgehead atoms. The molecule has 1 N–H and O–H groups in total. The lowest BCUT2D eigenvalue weighted by atomic mass is 10.2. The number of carbonyl (C=O) groups excluding carboxylic acids is 1. The zero-order chi connectivity index (χ0) is 18.4. The van der Waals surface area contributed by atoms with Crippen LogP contribution >= 0.6 is 23.1 Å². The number of halogens is 1. The van der Waals surface area contributed by atoms with E-state index in [2.05, 4.69) is 15.5 Å². The summed E-state index contributed by atoms with van der Waals surface area (Å²) in [6.45, 7) is 2.34. The van der Waals surface area contributed by atoms with Gasteiger partial charge in [-0.3, -0.25) is 10.1 Å². The lowest BCUT2D eigenvalue weighted by molar-refractivity contribution is 0.102. The van der Waals surface area contributed by atoms with Crippen LogP contribution in [-0.2, 0) is 5.75 Å². The van der Waals surface area contributed by atoms with Gasteiger partial charge in [-0.1, -0.05) is 47.4 Å². The van der Waals surface area contributed by atoms with Gasteiger partial charge < -0.3 is 4.74 Å². The van der Waals surface area contributed by atoms with E-state index >= 15 is 0 Å². The van der Waals surface area contributed by atoms with Crippen LogP contribution in [0.4, 0.5) is 9.52 Å². The van der Waals surface area contributed by atoms with E-state index in [1.165, 1.54) is 35.2 Å². The van der Waals surface area contributed by atoms with Crippen LogP contribution in [-0.4, -0.2) is 22.7 Å². The summed E-state index contributed by atoms with van der Waals surface area (Å²) in [5.74, 6) is 0.631. The molecule has 0 aliphatic rings. The molecule has 1 aromatic heterocycles. The molecule has 0 saturated heterocycles. The number of thioether (sulfide) groups is 1. The second kappa shape index (κ2) is 8.77. The molecule has 3 aromatic rings. The quantitative estimate of drug-likeness (QED) is 0.472. The summed E-state index contributed by atoms with van der Waals surface area (Å²) in [6, 6.07) is 13.4. The van der Waals surface area contributed by atoms with Gasteiger partial charge in [0.2, 0.25) is 5.13 Å². The molecule has 2 aromatic carbocycles. The van der Waals surface area contributed by atoms with Crippen molar-refractivity contribution in [2.24, 2.45) is 0 Å². The van der Waals surface area contributed by atoms with E-state index in [-0.39, 0.29) is 11.7 Å². The zero-order valence-electron chi connectivity index (χ0n) is 13.9. The van der Waals surface area contributed by atoms with E-state index in [0.29, 0.717) is 28.8 Å². The van der Waals surface area contributed by atoms with Crippen LogP contribution in [0.1, 0.15) is 22.8 Å². The Morgan fingerprint density at radius 1 is 1.19 bits per heavy atom. The molecule has 8 heteroatoms. The Morgan fingerprint density at radius 2 is 1.96 bits per heavy atom. The molecular formula is C18H16FN3O2S2. The minimum absolute atomic E-state index is 0.257. The molecular weight excluding hydrogens is 373 g/mol. The molecule has 26 heavy (non-hydrogen) atoms. The van der Waals surface area contributed by atoms with Gasteiger partial charge in [0.25, 0.3) is 5.91 Å². The van der Waals surface area contributed by atoms with Gasteiger partial charge in [0.1, 0.15) is 11.6 Å². The van der Waals surface area contributed by atoms with E-state index in [4.69, 9.17) is 4.74 Å². The summed E-state index contributed by atoms with van der Waals surface area (Å²) in [5.41, 5.74) is 1.44. The normalized spacial score (nSPS) is 10.5. The highest BCUT2D eigenvalue weighted by Crippen LogP contribution is 2.29. The summed E-state index contributed by atoms with van der Waals surface area (Å²) < 4.78 is 19.1. The number of amides is 1. The molecule has 3 rings (SSSR count). The van der Waals surface area contributed by atoms with Crippen molar-refractivity contribution >= 4 is 34.1 Å². The predicted octanol–water partition coefficient (Wildman–Crippen LogP) is 4.62. The molecule has 0 saturated carbocycles. The van der Waals surface area contributed by atoms with E-state index in [1.807, 2.05) is 13.0 Å². The van der Waals surface area contributed by atoms with Crippen LogP contribution in [0, 0.1) is 5.82 Å². The largest absolute Gasteiger partial charge is 0.493 e. The summed E-state index contributed by atoms with van der Waals surface area (Å²) in [7, 11) is 0. The first kappa shape index (κ1) is 18.3. The Bertz CT molecular complexity index is 884. The molecule has 134 valence electrons. The van der Waals surface area contributed by atoms with Gasteiger partial charge in [-0.15, -0.1) is 10.2 Å². The van der Waals surface area contributed by atoms with Gasteiger partial charge >= 0.3 is 0 Å². The maximum atomic E-state index is 12.9. The highest BCUT2D eigenvalue weighted by atomic mass is 32.2. The number of nitrogens with zero attached hydrogens (tertiary/aromatic N) is 2. The highest BCUT2D eigenvalue weighted by molar-refractivity contribution is 8.00. The van der Waals surface area contributed by atoms with Gasteiger partial charge in [0, 0.05) is 5.75 Å². The maximum Gasteiger partial charge on any atom is 0.261 e. The first-order valence-corrected chi connectivity index (χ1v) is 9.70. The average molecular weight is 389 g/mol. The van der Waals surface area contributed by atoms with E-state index in [0.717, 1.165) is 9.90 Å². The van der Waals surface area contributed by atoms with E-state index in [1.54, 1.807) is 30.3 Å². The van der Waals surface area contributed by atoms with Gasteiger partial charge in [0.05, 0.1) is 12.2 Å². The number of para-hydroxylation sites is 1. The molecule has 0 aliphatic carbocycles. The standard InChI is InChI=1S/C18H16FN3O2S2/c1-2-24-15-6-4-3-5-14(15)16(23)20-17-21-22-18(26-17)25-11-12-7-9-13(19)10-8-12/h3-10H,2,11H2,1H3,(H,20,21,23). The van der Waals surface area contributed by atoms with Gasteiger partial charge in [-0.05, 0) is 36.8 Å². The van der Waals surface area contributed by atoms with Gasteiger partial charge in [-0.25, -0.2) is 4.39 Å². The number of rotatable bonds is 7. The van der Waals surface area contributed by atoms with E-state index < -0.39 is 0 Å². The molecule has 5 nitrogen and oxygen atoms in total. The third-order valence-electron chi connectivity index (χ3n) is 3.33. The molecule has 0 spiro atoms. The Labute approximate surface area is 158 Å². The number of aromatic nitrogens is 2. The smallest absolute Gasteiger partial charge is 0.261 e. The third kappa shape index (κ3) is 4.80. The average Bonchev–Trinajstić information content (AvgIpc) is 3.09. The number of hydrogen-bond donors (Lipinski definition) is 1. The molecule has 1 amide bonds. The molecule has 1 heterocycles. The molecule has 0 fully saturated rings. The van der Waals surface area contributed by atoms with Gasteiger partial charge in [-0.2, -0.15) is 0 Å². The van der Waals surface area contributed by atoms with Crippen LogP contribution in [0.3, 0.4) is 0 Å². The third-order valence-corrected chi connectivity index (χ3v) is 5.38. The van der Waals surface area contributed by atoms with Gasteiger partial charge in [0.15, 0.2) is 4.34 Å². The van der Waals surface area contributed by atoms with Crippen molar-refractivity contribution in [2.45, 2.75) is 17.0 Å². The van der Waals surface area contributed by atoms with Crippen LogP contribution in [0.25, 0.3) is 0 Å². The number of anilines is 1. The van der Waals surface area contributed by atoms with Crippen molar-refractivity contribution in [1.82, 2.24) is 10.2 Å². The monoisotopic (exact) mass is 389 g/mol. The van der Waals surface area contributed by atoms with Crippen molar-refractivity contribution in [3.8, 4) is 5.75 Å². The zero-order valence-corrected chi connectivity index (χ0v) is 15.6. The van der Waals surface area contributed by atoms with Crippen LogP contribution < -0.4 is 10.1 Å². The van der Waals surface area contributed by atoms with Crippen LogP contribution in [0.5, 0.6) is 5.75 Å². The fraction of sp³-hybridized carbons (Fsp3) is 0.167. The highest BCUT2D eigenvalue weighted by Gasteiger charge is 2.14. The number of nitrogens with one attached hydrogen (secondary N) is 1. The Morgan fingerprint density at radius 3 is 2.73 bits per heavy atom. The minimum Gasteiger partial charge on any atom is -0.493 e. The predicted molar refractivity (Wildman–Crippen MR) is 101 cm³/mol. The Balaban J connectivity index is 1.61. The van der Waals surface area contributed by atoms with Crippen molar-refractivity contribution in [2.75, 3.05) is 11.9 Å². The fourth-order valence-corrected chi connectivity index (χ4v) is 3.85. The summed E-state index contributed by atoms with van der Waals surface area (Å²) in [5, 5.41) is 11.2. The number of hydrogen-bond acceptors (Lipinski definition) is 6. The van der Waals surface area contributed by atoms with Crippen LogP contribution in [0.2, 0.25) is 0 Å². The minimum atomic E-state index is -0.291. The number of benzene rings is 2. The number of ether oxygens (including phenoxy) is 1. The molecule has 0 unspecified atom stereocenters. The van der Waals surface area contributed by atoms with E-state index in [9.17, 15) is 9.18 Å². The number of carbonyl (C=O) groups is 1.